The van der Waals surface area contributed by atoms with Crippen molar-refractivity contribution in [2.45, 2.75) is 32.4 Å². The Hall–Kier alpha value is -1.26. The topological polar surface area (TPSA) is 60.7 Å². The van der Waals surface area contributed by atoms with Gasteiger partial charge in [-0.15, -0.1) is 0 Å². The van der Waals surface area contributed by atoms with Crippen LogP contribution in [0.5, 0.6) is 11.5 Å². The van der Waals surface area contributed by atoms with Crippen LogP contribution in [0.3, 0.4) is 0 Å². The van der Waals surface area contributed by atoms with Crippen LogP contribution in [-0.2, 0) is 5.60 Å². The number of hydrogen-bond acceptors (Lipinski definition) is 3. The summed E-state index contributed by atoms with van der Waals surface area (Å²) in [4.78, 5) is 0. The van der Waals surface area contributed by atoms with Crippen LogP contribution in [0.25, 0.3) is 0 Å². The molecule has 0 aliphatic carbocycles. The van der Waals surface area contributed by atoms with E-state index in [2.05, 4.69) is 13.8 Å². The second kappa shape index (κ2) is 4.78. The Kier molecular flexibility index (Phi) is 3.93. The SMILES string of the molecule is CC(C)[N+](C)(C)CC(C)(O)c1cc(O)cc(O)c1. The van der Waals surface area contributed by atoms with Gasteiger partial charge < -0.3 is 19.8 Å². The molecule has 0 bridgehead atoms. The highest BCUT2D eigenvalue weighted by atomic mass is 16.3. The Balaban J connectivity index is 3.06. The summed E-state index contributed by atoms with van der Waals surface area (Å²) in [6.07, 6.45) is 0. The number of quaternary nitrogens is 1. The van der Waals surface area contributed by atoms with Gasteiger partial charge in [0.2, 0.25) is 0 Å². The van der Waals surface area contributed by atoms with E-state index in [1.54, 1.807) is 6.92 Å². The molecule has 0 heterocycles. The fraction of sp³-hybridized carbons (Fsp3) is 0.571. The van der Waals surface area contributed by atoms with Crippen molar-refractivity contribution in [2.24, 2.45) is 0 Å². The van der Waals surface area contributed by atoms with E-state index in [0.717, 1.165) is 0 Å². The van der Waals surface area contributed by atoms with Crippen LogP contribution in [0.15, 0.2) is 18.2 Å². The van der Waals surface area contributed by atoms with Crippen LogP contribution in [0, 0.1) is 0 Å². The summed E-state index contributed by atoms with van der Waals surface area (Å²) in [7, 11) is 4.09. The number of hydrogen-bond donors (Lipinski definition) is 3. The molecule has 0 radical (unpaired) electrons. The first-order chi connectivity index (χ1) is 8.04. The van der Waals surface area contributed by atoms with Crippen molar-refractivity contribution in [1.82, 2.24) is 0 Å². The molecule has 1 rings (SSSR count). The zero-order valence-electron chi connectivity index (χ0n) is 11.8. The van der Waals surface area contributed by atoms with E-state index < -0.39 is 5.60 Å². The molecule has 0 aromatic heterocycles. The predicted octanol–water partition coefficient (Wildman–Crippen LogP) is 1.79. The molecule has 3 N–H and O–H groups in total. The summed E-state index contributed by atoms with van der Waals surface area (Å²) < 4.78 is 0.642. The van der Waals surface area contributed by atoms with Crippen LogP contribution >= 0.6 is 0 Å². The molecule has 0 saturated carbocycles. The molecule has 0 spiro atoms. The van der Waals surface area contributed by atoms with Gasteiger partial charge in [0.05, 0.1) is 20.1 Å². The number of rotatable bonds is 4. The number of phenolic OH excluding ortho intramolecular Hbond substituents is 2. The summed E-state index contributed by atoms with van der Waals surface area (Å²) >= 11 is 0. The minimum absolute atomic E-state index is 0.0415. The Morgan fingerprint density at radius 3 is 1.94 bits per heavy atom. The van der Waals surface area contributed by atoms with Gasteiger partial charge in [0.15, 0.2) is 0 Å². The quantitative estimate of drug-likeness (QED) is 0.718. The van der Waals surface area contributed by atoms with Crippen molar-refractivity contribution in [3.05, 3.63) is 23.8 Å². The molecular weight excluding hydrogens is 230 g/mol. The van der Waals surface area contributed by atoms with Crippen molar-refractivity contribution < 1.29 is 19.8 Å². The second-order valence-electron chi connectivity index (χ2n) is 6.04. The van der Waals surface area contributed by atoms with Gasteiger partial charge in [-0.1, -0.05) is 0 Å². The van der Waals surface area contributed by atoms with Gasteiger partial charge >= 0.3 is 0 Å². The lowest BCUT2D eigenvalue weighted by molar-refractivity contribution is -0.917. The lowest BCUT2D eigenvalue weighted by atomic mass is 9.93. The molecule has 0 saturated heterocycles. The molecule has 0 aliphatic rings. The third-order valence-electron chi connectivity index (χ3n) is 3.64. The second-order valence-corrected chi connectivity index (χ2v) is 6.04. The summed E-state index contributed by atoms with van der Waals surface area (Å²) in [6.45, 7) is 6.38. The molecule has 1 atom stereocenters. The van der Waals surface area contributed by atoms with Crippen LogP contribution in [-0.4, -0.2) is 46.5 Å². The zero-order valence-corrected chi connectivity index (χ0v) is 11.8. The molecule has 1 unspecified atom stereocenters. The van der Waals surface area contributed by atoms with Crippen LogP contribution in [0.1, 0.15) is 26.3 Å². The molecule has 0 amide bonds. The van der Waals surface area contributed by atoms with Crippen molar-refractivity contribution in [2.75, 3.05) is 20.6 Å². The van der Waals surface area contributed by atoms with E-state index in [1.807, 2.05) is 14.1 Å². The van der Waals surface area contributed by atoms with E-state index in [1.165, 1.54) is 18.2 Å². The Labute approximate surface area is 109 Å². The van der Waals surface area contributed by atoms with Gasteiger partial charge in [-0.05, 0) is 38.5 Å². The lowest BCUT2D eigenvalue weighted by Gasteiger charge is -2.40. The fourth-order valence-corrected chi connectivity index (χ4v) is 1.97. The summed E-state index contributed by atoms with van der Waals surface area (Å²) in [6, 6.07) is 4.59. The molecule has 0 fully saturated rings. The monoisotopic (exact) mass is 254 g/mol. The van der Waals surface area contributed by atoms with E-state index in [-0.39, 0.29) is 11.5 Å². The average Bonchev–Trinajstić information content (AvgIpc) is 2.13. The molecule has 4 heteroatoms. The van der Waals surface area contributed by atoms with E-state index in [4.69, 9.17) is 0 Å². The Morgan fingerprint density at radius 2 is 1.56 bits per heavy atom. The number of aliphatic hydroxyl groups is 1. The average molecular weight is 254 g/mol. The molecule has 1 aromatic carbocycles. The minimum Gasteiger partial charge on any atom is -0.508 e. The number of aromatic hydroxyl groups is 2. The first-order valence-electron chi connectivity index (χ1n) is 6.13. The highest BCUT2D eigenvalue weighted by Crippen LogP contribution is 2.30. The summed E-state index contributed by atoms with van der Waals surface area (Å²) in [5, 5.41) is 29.6. The van der Waals surface area contributed by atoms with Crippen LogP contribution in [0.4, 0.5) is 0 Å². The van der Waals surface area contributed by atoms with Crippen molar-refractivity contribution in [3.63, 3.8) is 0 Å². The van der Waals surface area contributed by atoms with E-state index in [0.29, 0.717) is 22.6 Å². The number of likely N-dealkylation sites (N-methyl/N-ethyl adjacent to an activating group) is 1. The maximum Gasteiger partial charge on any atom is 0.136 e. The third kappa shape index (κ3) is 3.37. The minimum atomic E-state index is -1.11. The standard InChI is InChI=1S/C14H23NO3/c1-10(2)15(4,5)9-14(3,18)11-6-12(16)8-13(17)7-11/h6-8,10,18H,9H2,1-5H3,(H-,16,17)/p+1. The van der Waals surface area contributed by atoms with Crippen molar-refractivity contribution >= 4 is 0 Å². The lowest BCUT2D eigenvalue weighted by Crippen LogP contribution is -2.53. The normalized spacial score (nSPS) is 15.7. The Bertz CT molecular complexity index is 405. The largest absolute Gasteiger partial charge is 0.508 e. The van der Waals surface area contributed by atoms with Gasteiger partial charge in [-0.25, -0.2) is 0 Å². The van der Waals surface area contributed by atoms with Gasteiger partial charge in [-0.3, -0.25) is 0 Å². The summed E-state index contributed by atoms with van der Waals surface area (Å²) in [5.74, 6) is -0.0831. The van der Waals surface area contributed by atoms with Gasteiger partial charge in [0.25, 0.3) is 0 Å². The van der Waals surface area contributed by atoms with Gasteiger partial charge in [-0.2, -0.15) is 0 Å². The fourth-order valence-electron chi connectivity index (χ4n) is 1.97. The molecule has 1 aromatic rings. The molecule has 102 valence electrons. The molecule has 18 heavy (non-hydrogen) atoms. The highest BCUT2D eigenvalue weighted by molar-refractivity contribution is 5.39. The first kappa shape index (κ1) is 14.8. The van der Waals surface area contributed by atoms with Gasteiger partial charge in [0.1, 0.15) is 23.6 Å². The maximum absolute atomic E-state index is 10.6. The first-order valence-corrected chi connectivity index (χ1v) is 6.13. The number of nitrogens with zero attached hydrogens (tertiary/aromatic N) is 1. The molecular formula is C14H24NO3+. The summed E-state index contributed by atoms with van der Waals surface area (Å²) in [5.41, 5.74) is -0.587. The maximum atomic E-state index is 10.6. The third-order valence-corrected chi connectivity index (χ3v) is 3.64. The van der Waals surface area contributed by atoms with Gasteiger partial charge in [0, 0.05) is 6.07 Å². The van der Waals surface area contributed by atoms with E-state index in [9.17, 15) is 15.3 Å². The predicted molar refractivity (Wildman–Crippen MR) is 71.5 cm³/mol. The Morgan fingerprint density at radius 1 is 1.11 bits per heavy atom. The molecule has 0 aliphatic heterocycles. The van der Waals surface area contributed by atoms with Crippen molar-refractivity contribution in [3.8, 4) is 11.5 Å². The smallest absolute Gasteiger partial charge is 0.136 e. The molecule has 4 nitrogen and oxygen atoms in total. The number of phenols is 2. The van der Waals surface area contributed by atoms with Crippen LogP contribution < -0.4 is 0 Å². The number of benzene rings is 1. The van der Waals surface area contributed by atoms with Crippen molar-refractivity contribution in [1.29, 1.82) is 0 Å². The highest BCUT2D eigenvalue weighted by Gasteiger charge is 2.34. The van der Waals surface area contributed by atoms with Crippen LogP contribution in [0.2, 0.25) is 0 Å². The zero-order chi connectivity index (χ0) is 14.1. The van der Waals surface area contributed by atoms with E-state index >= 15 is 0 Å².